The third-order valence-electron chi connectivity index (χ3n) is 3.60. The molecule has 0 bridgehead atoms. The summed E-state index contributed by atoms with van der Waals surface area (Å²) in [5.74, 6) is -0.0313. The van der Waals surface area contributed by atoms with Gasteiger partial charge in [0.1, 0.15) is 0 Å². The number of nitro benzene ring substituents is 1. The summed E-state index contributed by atoms with van der Waals surface area (Å²) in [6, 6.07) is 4.03. The van der Waals surface area contributed by atoms with E-state index in [1.54, 1.807) is 4.90 Å². The van der Waals surface area contributed by atoms with Crippen LogP contribution >= 0.6 is 11.6 Å². The van der Waals surface area contributed by atoms with Gasteiger partial charge in [-0.1, -0.05) is 18.5 Å². The van der Waals surface area contributed by atoms with Crippen LogP contribution in [0.25, 0.3) is 0 Å². The maximum Gasteiger partial charge on any atom is 0.271 e. The predicted octanol–water partition coefficient (Wildman–Crippen LogP) is 2.06. The van der Waals surface area contributed by atoms with Crippen LogP contribution in [0.5, 0.6) is 0 Å². The summed E-state index contributed by atoms with van der Waals surface area (Å²) in [4.78, 5) is 24.3. The zero-order valence-corrected chi connectivity index (χ0v) is 11.8. The standard InChI is InChI=1S/C13H16ClN3O3/c1-8-7-16(3-2-12(8)15)13(18)9-4-10(14)6-11(5-9)17(19)20/h4-6,8,12H,2-3,7,15H2,1H3. The number of rotatable bonds is 2. The van der Waals surface area contributed by atoms with Gasteiger partial charge in [0.05, 0.1) is 4.92 Å². The molecule has 108 valence electrons. The first kappa shape index (κ1) is 14.7. The van der Waals surface area contributed by atoms with E-state index in [1.165, 1.54) is 18.2 Å². The normalized spacial score (nSPS) is 22.6. The molecule has 1 aliphatic heterocycles. The van der Waals surface area contributed by atoms with Crippen LogP contribution in [0.15, 0.2) is 18.2 Å². The Balaban J connectivity index is 2.23. The fourth-order valence-corrected chi connectivity index (χ4v) is 2.56. The summed E-state index contributed by atoms with van der Waals surface area (Å²) in [5.41, 5.74) is 5.98. The van der Waals surface area contributed by atoms with Gasteiger partial charge in [0.2, 0.25) is 0 Å². The van der Waals surface area contributed by atoms with E-state index in [2.05, 4.69) is 0 Å². The van der Waals surface area contributed by atoms with Crippen LogP contribution in [0, 0.1) is 16.0 Å². The third-order valence-corrected chi connectivity index (χ3v) is 3.82. The first-order chi connectivity index (χ1) is 9.38. The summed E-state index contributed by atoms with van der Waals surface area (Å²) in [6.07, 6.45) is 0.732. The number of carbonyl (C=O) groups excluding carboxylic acids is 1. The van der Waals surface area contributed by atoms with E-state index >= 15 is 0 Å². The Morgan fingerprint density at radius 3 is 2.80 bits per heavy atom. The lowest BCUT2D eigenvalue weighted by atomic mass is 9.94. The van der Waals surface area contributed by atoms with Crippen molar-refractivity contribution in [2.75, 3.05) is 13.1 Å². The van der Waals surface area contributed by atoms with E-state index in [9.17, 15) is 14.9 Å². The Hall–Kier alpha value is -1.66. The summed E-state index contributed by atoms with van der Waals surface area (Å²) in [6.45, 7) is 3.11. The second-order valence-corrected chi connectivity index (χ2v) is 5.57. The van der Waals surface area contributed by atoms with Crippen molar-refractivity contribution >= 4 is 23.2 Å². The van der Waals surface area contributed by atoms with Crippen molar-refractivity contribution in [2.24, 2.45) is 11.7 Å². The van der Waals surface area contributed by atoms with E-state index in [0.29, 0.717) is 13.1 Å². The van der Waals surface area contributed by atoms with Crippen LogP contribution in [-0.4, -0.2) is 34.9 Å². The number of nitro groups is 1. The average molecular weight is 298 g/mol. The highest BCUT2D eigenvalue weighted by Crippen LogP contribution is 2.23. The zero-order valence-electron chi connectivity index (χ0n) is 11.1. The van der Waals surface area contributed by atoms with Crippen molar-refractivity contribution in [2.45, 2.75) is 19.4 Å². The van der Waals surface area contributed by atoms with Gasteiger partial charge in [-0.3, -0.25) is 14.9 Å². The predicted molar refractivity (Wildman–Crippen MR) is 75.8 cm³/mol. The summed E-state index contributed by atoms with van der Waals surface area (Å²) in [5, 5.41) is 11.0. The first-order valence-corrected chi connectivity index (χ1v) is 6.76. The summed E-state index contributed by atoms with van der Waals surface area (Å²) >= 11 is 5.83. The highest BCUT2D eigenvalue weighted by molar-refractivity contribution is 6.31. The van der Waals surface area contributed by atoms with Crippen molar-refractivity contribution in [1.82, 2.24) is 4.90 Å². The van der Waals surface area contributed by atoms with Crippen molar-refractivity contribution in [3.05, 3.63) is 38.9 Å². The molecule has 1 aliphatic rings. The van der Waals surface area contributed by atoms with E-state index in [1.807, 2.05) is 6.92 Å². The SMILES string of the molecule is CC1CN(C(=O)c2cc(Cl)cc([N+](=O)[O-])c2)CCC1N. The van der Waals surface area contributed by atoms with Gasteiger partial charge in [-0.25, -0.2) is 0 Å². The molecule has 0 spiro atoms. The Bertz CT molecular complexity index is 550. The number of piperidine rings is 1. The van der Waals surface area contributed by atoms with Crippen molar-refractivity contribution in [3.63, 3.8) is 0 Å². The van der Waals surface area contributed by atoms with Gasteiger partial charge in [0, 0.05) is 41.9 Å². The zero-order chi connectivity index (χ0) is 14.9. The lowest BCUT2D eigenvalue weighted by molar-refractivity contribution is -0.384. The number of nitrogens with zero attached hydrogens (tertiary/aromatic N) is 2. The van der Waals surface area contributed by atoms with Gasteiger partial charge in [-0.05, 0) is 18.4 Å². The number of hydrogen-bond acceptors (Lipinski definition) is 4. The van der Waals surface area contributed by atoms with Crippen LogP contribution in [-0.2, 0) is 0 Å². The van der Waals surface area contributed by atoms with Gasteiger partial charge in [-0.15, -0.1) is 0 Å². The lowest BCUT2D eigenvalue weighted by Gasteiger charge is -2.35. The van der Waals surface area contributed by atoms with Crippen molar-refractivity contribution in [1.29, 1.82) is 0 Å². The molecule has 0 aliphatic carbocycles. The molecule has 2 unspecified atom stereocenters. The quantitative estimate of drug-likeness (QED) is 0.668. The van der Waals surface area contributed by atoms with Crippen molar-refractivity contribution < 1.29 is 9.72 Å². The molecule has 2 N–H and O–H groups in total. The molecule has 2 rings (SSSR count). The monoisotopic (exact) mass is 297 g/mol. The summed E-state index contributed by atoms with van der Waals surface area (Å²) < 4.78 is 0. The van der Waals surface area contributed by atoms with Gasteiger partial charge < -0.3 is 10.6 Å². The highest BCUT2D eigenvalue weighted by atomic mass is 35.5. The fourth-order valence-electron chi connectivity index (χ4n) is 2.33. The van der Waals surface area contributed by atoms with Crippen LogP contribution in [0.3, 0.4) is 0 Å². The van der Waals surface area contributed by atoms with E-state index in [0.717, 1.165) is 6.42 Å². The number of halogens is 1. The number of carbonyl (C=O) groups is 1. The molecule has 1 fully saturated rings. The molecule has 1 aromatic carbocycles. The van der Waals surface area contributed by atoms with E-state index in [-0.39, 0.29) is 34.1 Å². The molecule has 0 saturated carbocycles. The smallest absolute Gasteiger partial charge is 0.271 e. The number of hydrogen-bond donors (Lipinski definition) is 1. The van der Waals surface area contributed by atoms with Gasteiger partial charge in [0.15, 0.2) is 0 Å². The maximum absolute atomic E-state index is 12.4. The molecule has 1 amide bonds. The number of amides is 1. The molecular weight excluding hydrogens is 282 g/mol. The van der Waals surface area contributed by atoms with Crippen LogP contribution < -0.4 is 5.73 Å². The number of non-ortho nitro benzene ring substituents is 1. The average Bonchev–Trinajstić information content (AvgIpc) is 2.40. The molecule has 0 aromatic heterocycles. The molecular formula is C13H16ClN3O3. The summed E-state index contributed by atoms with van der Waals surface area (Å²) in [7, 11) is 0. The van der Waals surface area contributed by atoms with Crippen LogP contribution in [0.2, 0.25) is 5.02 Å². The van der Waals surface area contributed by atoms with Gasteiger partial charge in [-0.2, -0.15) is 0 Å². The third kappa shape index (κ3) is 3.08. The van der Waals surface area contributed by atoms with Crippen LogP contribution in [0.1, 0.15) is 23.7 Å². The number of benzene rings is 1. The molecule has 0 radical (unpaired) electrons. The lowest BCUT2D eigenvalue weighted by Crippen LogP contribution is -2.48. The first-order valence-electron chi connectivity index (χ1n) is 6.38. The Labute approximate surface area is 121 Å². The second-order valence-electron chi connectivity index (χ2n) is 5.14. The molecule has 1 saturated heterocycles. The molecule has 20 heavy (non-hydrogen) atoms. The second kappa shape index (κ2) is 5.76. The van der Waals surface area contributed by atoms with Gasteiger partial charge >= 0.3 is 0 Å². The highest BCUT2D eigenvalue weighted by Gasteiger charge is 2.27. The molecule has 2 atom stereocenters. The van der Waals surface area contributed by atoms with Gasteiger partial charge in [0.25, 0.3) is 11.6 Å². The molecule has 6 nitrogen and oxygen atoms in total. The maximum atomic E-state index is 12.4. The number of likely N-dealkylation sites (tertiary alicyclic amines) is 1. The van der Waals surface area contributed by atoms with E-state index < -0.39 is 4.92 Å². The Morgan fingerprint density at radius 2 is 2.20 bits per heavy atom. The molecule has 7 heteroatoms. The Morgan fingerprint density at radius 1 is 1.50 bits per heavy atom. The minimum absolute atomic E-state index is 0.0905. The minimum Gasteiger partial charge on any atom is -0.338 e. The largest absolute Gasteiger partial charge is 0.338 e. The van der Waals surface area contributed by atoms with E-state index in [4.69, 9.17) is 17.3 Å². The van der Waals surface area contributed by atoms with Crippen molar-refractivity contribution in [3.8, 4) is 0 Å². The minimum atomic E-state index is -0.558. The molecule has 1 heterocycles. The fraction of sp³-hybridized carbons (Fsp3) is 0.462. The Kier molecular flexibility index (Phi) is 4.25. The number of nitrogens with two attached hydrogens (primary N) is 1. The van der Waals surface area contributed by atoms with Crippen LogP contribution in [0.4, 0.5) is 5.69 Å². The topological polar surface area (TPSA) is 89.5 Å². The molecule has 1 aromatic rings.